The first-order chi connectivity index (χ1) is 10.8. The Labute approximate surface area is 136 Å². The molecule has 2 aromatic rings. The fourth-order valence-corrected chi connectivity index (χ4v) is 2.16. The zero-order valence-corrected chi connectivity index (χ0v) is 13.1. The highest BCUT2D eigenvalue weighted by Gasteiger charge is 2.34. The predicted octanol–water partition coefficient (Wildman–Crippen LogP) is 3.98. The molecule has 0 bridgehead atoms. The third-order valence-corrected chi connectivity index (χ3v) is 3.45. The molecule has 0 aliphatic heterocycles. The lowest BCUT2D eigenvalue weighted by molar-refractivity contribution is -0.695. The molecular weight excluding hydrogens is 329 g/mol. The molecule has 7 heteroatoms. The van der Waals surface area contributed by atoms with E-state index in [0.29, 0.717) is 6.54 Å². The number of nitrogens with one attached hydrogen (secondary N) is 1. The van der Waals surface area contributed by atoms with E-state index in [4.69, 9.17) is 11.6 Å². The number of amides is 1. The second kappa shape index (κ2) is 7.00. The molecule has 0 aliphatic rings. The van der Waals surface area contributed by atoms with Crippen LogP contribution in [0.1, 0.15) is 17.5 Å². The van der Waals surface area contributed by atoms with Crippen molar-refractivity contribution in [3.8, 4) is 0 Å². The van der Waals surface area contributed by atoms with Gasteiger partial charge in [-0.05, 0) is 30.7 Å². The van der Waals surface area contributed by atoms with Crippen LogP contribution in [-0.4, -0.2) is 5.91 Å². The second-order valence-corrected chi connectivity index (χ2v) is 5.54. The SMILES string of the molecule is Cc1cc[n+](CCC(=O)Nc2ccc(Cl)cc2C(F)(F)F)cc1. The Balaban J connectivity index is 2.04. The van der Waals surface area contributed by atoms with Crippen molar-refractivity contribution in [3.05, 3.63) is 58.9 Å². The summed E-state index contributed by atoms with van der Waals surface area (Å²) in [5.74, 6) is -0.495. The molecule has 0 radical (unpaired) electrons. The maximum absolute atomic E-state index is 13.0. The monoisotopic (exact) mass is 343 g/mol. The minimum atomic E-state index is -4.58. The van der Waals surface area contributed by atoms with Crippen LogP contribution in [0.5, 0.6) is 0 Å². The molecule has 0 aliphatic carbocycles. The molecule has 2 rings (SSSR count). The van der Waals surface area contributed by atoms with Crippen LogP contribution in [0.2, 0.25) is 5.02 Å². The molecule has 1 heterocycles. The van der Waals surface area contributed by atoms with Gasteiger partial charge in [0.15, 0.2) is 18.9 Å². The van der Waals surface area contributed by atoms with Crippen LogP contribution in [0.4, 0.5) is 18.9 Å². The lowest BCUT2D eigenvalue weighted by Crippen LogP contribution is -2.34. The summed E-state index contributed by atoms with van der Waals surface area (Å²) in [6.07, 6.45) is -0.898. The summed E-state index contributed by atoms with van der Waals surface area (Å²) in [7, 11) is 0. The molecule has 1 aromatic heterocycles. The predicted molar refractivity (Wildman–Crippen MR) is 81.1 cm³/mol. The summed E-state index contributed by atoms with van der Waals surface area (Å²) in [5.41, 5.74) is -0.163. The van der Waals surface area contributed by atoms with E-state index in [1.54, 1.807) is 4.57 Å². The van der Waals surface area contributed by atoms with E-state index >= 15 is 0 Å². The Bertz CT molecular complexity index is 699. The molecule has 0 spiro atoms. The van der Waals surface area contributed by atoms with Crippen molar-refractivity contribution < 1.29 is 22.5 Å². The van der Waals surface area contributed by atoms with Gasteiger partial charge >= 0.3 is 6.18 Å². The van der Waals surface area contributed by atoms with Crippen LogP contribution in [0, 0.1) is 6.92 Å². The Hall–Kier alpha value is -2.08. The molecule has 0 unspecified atom stereocenters. The molecule has 0 atom stereocenters. The number of halogens is 4. The van der Waals surface area contributed by atoms with Gasteiger partial charge in [0, 0.05) is 17.2 Å². The zero-order valence-electron chi connectivity index (χ0n) is 12.3. The molecule has 23 heavy (non-hydrogen) atoms. The second-order valence-electron chi connectivity index (χ2n) is 5.10. The molecule has 0 saturated heterocycles. The summed E-state index contributed by atoms with van der Waals surface area (Å²) in [6, 6.07) is 7.03. The molecule has 3 nitrogen and oxygen atoms in total. The van der Waals surface area contributed by atoms with E-state index in [1.165, 1.54) is 6.07 Å². The number of aromatic nitrogens is 1. The van der Waals surface area contributed by atoms with Crippen molar-refractivity contribution in [2.45, 2.75) is 26.1 Å². The van der Waals surface area contributed by atoms with Crippen LogP contribution >= 0.6 is 11.6 Å². The Morgan fingerprint density at radius 1 is 1.22 bits per heavy atom. The van der Waals surface area contributed by atoms with Gasteiger partial charge in [-0.1, -0.05) is 11.6 Å². The molecule has 0 saturated carbocycles. The Morgan fingerprint density at radius 2 is 1.87 bits per heavy atom. The van der Waals surface area contributed by atoms with E-state index in [2.05, 4.69) is 5.32 Å². The third kappa shape index (κ3) is 4.96. The van der Waals surface area contributed by atoms with Gasteiger partial charge in [0.25, 0.3) is 0 Å². The molecule has 122 valence electrons. The Morgan fingerprint density at radius 3 is 2.48 bits per heavy atom. The van der Waals surface area contributed by atoms with Crippen molar-refractivity contribution >= 4 is 23.2 Å². The van der Waals surface area contributed by atoms with E-state index in [0.717, 1.165) is 17.7 Å². The summed E-state index contributed by atoms with van der Waals surface area (Å²) in [4.78, 5) is 11.9. The van der Waals surface area contributed by atoms with Gasteiger partial charge in [0.2, 0.25) is 5.91 Å². The summed E-state index contributed by atoms with van der Waals surface area (Å²) < 4.78 is 40.7. The maximum Gasteiger partial charge on any atom is 0.418 e. The van der Waals surface area contributed by atoms with Crippen LogP contribution < -0.4 is 9.88 Å². The number of rotatable bonds is 4. The number of hydrogen-bond acceptors (Lipinski definition) is 1. The quantitative estimate of drug-likeness (QED) is 0.837. The smallest absolute Gasteiger partial charge is 0.325 e. The normalized spacial score (nSPS) is 11.3. The number of nitrogens with zero attached hydrogens (tertiary/aromatic N) is 1. The van der Waals surface area contributed by atoms with Crippen molar-refractivity contribution in [1.82, 2.24) is 0 Å². The van der Waals surface area contributed by atoms with E-state index in [1.807, 2.05) is 31.5 Å². The molecular formula is C16H15ClF3N2O+. The summed E-state index contributed by atoms with van der Waals surface area (Å²) >= 11 is 5.60. The average molecular weight is 344 g/mol. The third-order valence-electron chi connectivity index (χ3n) is 3.22. The van der Waals surface area contributed by atoms with Crippen molar-refractivity contribution in [1.29, 1.82) is 0 Å². The van der Waals surface area contributed by atoms with Gasteiger partial charge in [-0.3, -0.25) is 4.79 Å². The first-order valence-corrected chi connectivity index (χ1v) is 7.26. The number of anilines is 1. The lowest BCUT2D eigenvalue weighted by atomic mass is 10.1. The first-order valence-electron chi connectivity index (χ1n) is 6.88. The number of aryl methyl sites for hydroxylation is 2. The largest absolute Gasteiger partial charge is 0.418 e. The van der Waals surface area contributed by atoms with Gasteiger partial charge in [0.1, 0.15) is 0 Å². The number of pyridine rings is 1. The standard InChI is InChI=1S/C16H14ClF3N2O/c1-11-4-7-22(8-5-11)9-6-15(23)21-14-3-2-12(17)10-13(14)16(18,19)20/h2-5,7-8,10H,6,9H2,1H3/p+1. The fraction of sp³-hybridized carbons (Fsp3) is 0.250. The highest BCUT2D eigenvalue weighted by atomic mass is 35.5. The van der Waals surface area contributed by atoms with Crippen LogP contribution in [-0.2, 0) is 17.5 Å². The zero-order chi connectivity index (χ0) is 17.0. The maximum atomic E-state index is 13.0. The van der Waals surface area contributed by atoms with Crippen LogP contribution in [0.3, 0.4) is 0 Å². The highest BCUT2D eigenvalue weighted by molar-refractivity contribution is 6.30. The van der Waals surface area contributed by atoms with Gasteiger partial charge < -0.3 is 5.32 Å². The Kier molecular flexibility index (Phi) is 5.26. The first kappa shape index (κ1) is 17.3. The lowest BCUT2D eigenvalue weighted by Gasteiger charge is -2.13. The van der Waals surface area contributed by atoms with E-state index in [-0.39, 0.29) is 17.1 Å². The van der Waals surface area contributed by atoms with Crippen molar-refractivity contribution in [2.75, 3.05) is 5.32 Å². The fourth-order valence-electron chi connectivity index (χ4n) is 1.98. The van der Waals surface area contributed by atoms with E-state index < -0.39 is 17.6 Å². The molecule has 0 fully saturated rings. The van der Waals surface area contributed by atoms with Gasteiger partial charge in [-0.15, -0.1) is 0 Å². The van der Waals surface area contributed by atoms with Gasteiger partial charge in [-0.25, -0.2) is 4.57 Å². The minimum Gasteiger partial charge on any atom is -0.325 e. The number of carbonyl (C=O) groups is 1. The van der Waals surface area contributed by atoms with Crippen molar-refractivity contribution in [3.63, 3.8) is 0 Å². The number of alkyl halides is 3. The average Bonchev–Trinajstić information content (AvgIpc) is 2.47. The van der Waals surface area contributed by atoms with E-state index in [9.17, 15) is 18.0 Å². The topological polar surface area (TPSA) is 33.0 Å². The number of benzene rings is 1. The highest BCUT2D eigenvalue weighted by Crippen LogP contribution is 2.36. The van der Waals surface area contributed by atoms with Gasteiger partial charge in [0.05, 0.1) is 17.7 Å². The van der Waals surface area contributed by atoms with Crippen LogP contribution in [0.15, 0.2) is 42.7 Å². The number of carbonyl (C=O) groups excluding carboxylic acids is 1. The molecule has 1 amide bonds. The molecule has 1 N–H and O–H groups in total. The summed E-state index contributed by atoms with van der Waals surface area (Å²) in [5, 5.41) is 2.26. The van der Waals surface area contributed by atoms with Crippen molar-refractivity contribution in [2.24, 2.45) is 0 Å². The number of hydrogen-bond donors (Lipinski definition) is 1. The summed E-state index contributed by atoms with van der Waals surface area (Å²) in [6.45, 7) is 2.32. The molecule has 1 aromatic carbocycles. The van der Waals surface area contributed by atoms with Crippen LogP contribution in [0.25, 0.3) is 0 Å². The minimum absolute atomic E-state index is 0.0365. The van der Waals surface area contributed by atoms with Gasteiger partial charge in [-0.2, -0.15) is 13.2 Å².